The molecule has 6 heteroatoms. The average Bonchev–Trinajstić information content (AvgIpc) is 2.25. The predicted molar refractivity (Wildman–Crippen MR) is 69.7 cm³/mol. The zero-order valence-electron chi connectivity index (χ0n) is 9.03. The molecule has 84 valence electrons. The maximum Gasteiger partial charge on any atom is 0.179 e. The summed E-state index contributed by atoms with van der Waals surface area (Å²) in [4.78, 5) is 8.54. The minimum absolute atomic E-state index is 0.412. The molecule has 0 aliphatic heterocycles. The molecule has 1 heterocycles. The lowest BCUT2D eigenvalue weighted by Gasteiger charge is -2.11. The van der Waals surface area contributed by atoms with Crippen molar-refractivity contribution < 1.29 is 4.74 Å². The number of anilines is 1. The maximum absolute atomic E-state index is 5.18. The summed E-state index contributed by atoms with van der Waals surface area (Å²) in [5, 5.41) is 3.63. The van der Waals surface area contributed by atoms with E-state index < -0.39 is 0 Å². The van der Waals surface area contributed by atoms with Gasteiger partial charge in [-0.2, -0.15) is 0 Å². The van der Waals surface area contributed by atoms with Crippen LogP contribution < -0.4 is 10.1 Å². The van der Waals surface area contributed by atoms with Crippen LogP contribution in [0, 0.1) is 0 Å². The molecular weight excluding hydrogens is 228 g/mol. The molecule has 2 atom stereocenters. The van der Waals surface area contributed by atoms with Crippen molar-refractivity contribution in [1.29, 1.82) is 0 Å². The number of ether oxygens (including phenoxy) is 1. The van der Waals surface area contributed by atoms with Crippen LogP contribution in [0.3, 0.4) is 0 Å². The number of rotatable bonds is 5. The second-order valence-electron chi connectivity index (χ2n) is 3.10. The summed E-state index contributed by atoms with van der Waals surface area (Å²) in [6, 6.07) is 0. The van der Waals surface area contributed by atoms with Crippen molar-refractivity contribution in [2.45, 2.75) is 18.7 Å². The van der Waals surface area contributed by atoms with E-state index in [4.69, 9.17) is 4.74 Å². The van der Waals surface area contributed by atoms with Gasteiger partial charge in [-0.3, -0.25) is 0 Å². The number of aryl methyl sites for hydroxylation is 1. The van der Waals surface area contributed by atoms with Crippen molar-refractivity contribution in [3.63, 3.8) is 0 Å². The molecule has 0 saturated carbocycles. The molecule has 4 nitrogen and oxygen atoms in total. The summed E-state index contributed by atoms with van der Waals surface area (Å²) in [6.45, 7) is 2.84. The number of methoxy groups -OCH3 is 1. The molecule has 0 bridgehead atoms. The summed E-state index contributed by atoms with van der Waals surface area (Å²) >= 11 is 0. The molecule has 1 rings (SSSR count). The third-order valence-electron chi connectivity index (χ3n) is 1.85. The Morgan fingerprint density at radius 1 is 1.53 bits per heavy atom. The van der Waals surface area contributed by atoms with Crippen molar-refractivity contribution >= 4 is 24.3 Å². The van der Waals surface area contributed by atoms with Crippen molar-refractivity contribution in [2.75, 3.05) is 19.0 Å². The van der Waals surface area contributed by atoms with Crippen LogP contribution in [0.1, 0.15) is 12.7 Å². The van der Waals surface area contributed by atoms with Gasteiger partial charge in [0.05, 0.1) is 13.3 Å². The normalized spacial score (nSPS) is 10.5. The standard InChI is InChI=1S/C9H17N3OP2/c1-3-7-10-4-6(13-2)9(12-7)11-5-8(14)15/h4,8H,3,5,14-15H2,1-2H3,(H,10,11,12). The number of nitrogens with zero attached hydrogens (tertiary/aromatic N) is 2. The van der Waals surface area contributed by atoms with E-state index >= 15 is 0 Å². The third-order valence-corrected chi connectivity index (χ3v) is 2.32. The first-order chi connectivity index (χ1) is 7.17. The van der Waals surface area contributed by atoms with Gasteiger partial charge >= 0.3 is 0 Å². The quantitative estimate of drug-likeness (QED) is 0.799. The van der Waals surface area contributed by atoms with Crippen molar-refractivity contribution in [3.05, 3.63) is 12.0 Å². The van der Waals surface area contributed by atoms with Crippen LogP contribution in [0.25, 0.3) is 0 Å². The number of nitrogens with one attached hydrogen (secondary N) is 1. The zero-order chi connectivity index (χ0) is 11.3. The van der Waals surface area contributed by atoms with Gasteiger partial charge in [0.25, 0.3) is 0 Å². The molecule has 0 saturated heterocycles. The van der Waals surface area contributed by atoms with Gasteiger partial charge in [0.15, 0.2) is 11.6 Å². The average molecular weight is 245 g/mol. The molecule has 2 unspecified atom stereocenters. The van der Waals surface area contributed by atoms with Gasteiger partial charge in [-0.25, -0.2) is 9.97 Å². The van der Waals surface area contributed by atoms with Crippen LogP contribution in [-0.4, -0.2) is 29.0 Å². The predicted octanol–water partition coefficient (Wildman–Crippen LogP) is 1.54. The van der Waals surface area contributed by atoms with Gasteiger partial charge in [0, 0.05) is 18.4 Å². The second kappa shape index (κ2) is 6.19. The third kappa shape index (κ3) is 3.89. The van der Waals surface area contributed by atoms with E-state index in [0.29, 0.717) is 11.1 Å². The number of aromatic nitrogens is 2. The summed E-state index contributed by atoms with van der Waals surface area (Å²) in [6.07, 6.45) is 2.53. The van der Waals surface area contributed by atoms with E-state index in [0.717, 1.165) is 24.6 Å². The van der Waals surface area contributed by atoms with Gasteiger partial charge in [-0.15, -0.1) is 18.5 Å². The Hall–Kier alpha value is -0.460. The fourth-order valence-electron chi connectivity index (χ4n) is 1.07. The minimum Gasteiger partial charge on any atom is -0.491 e. The topological polar surface area (TPSA) is 47.0 Å². The first kappa shape index (κ1) is 12.6. The monoisotopic (exact) mass is 245 g/mol. The first-order valence-electron chi connectivity index (χ1n) is 4.82. The van der Waals surface area contributed by atoms with E-state index in [2.05, 4.69) is 33.8 Å². The van der Waals surface area contributed by atoms with Crippen molar-refractivity contribution in [2.24, 2.45) is 0 Å². The van der Waals surface area contributed by atoms with Crippen LogP contribution in [0.5, 0.6) is 5.75 Å². The zero-order valence-corrected chi connectivity index (χ0v) is 11.3. The molecule has 0 fully saturated rings. The number of hydrogen-bond donors (Lipinski definition) is 1. The smallest absolute Gasteiger partial charge is 0.179 e. The van der Waals surface area contributed by atoms with E-state index in [-0.39, 0.29) is 0 Å². The fraction of sp³-hybridized carbons (Fsp3) is 0.556. The van der Waals surface area contributed by atoms with Crippen LogP contribution in [0.4, 0.5) is 5.82 Å². The van der Waals surface area contributed by atoms with Gasteiger partial charge in [-0.05, 0) is 0 Å². The lowest BCUT2D eigenvalue weighted by atomic mass is 10.4. The minimum atomic E-state index is 0.412. The molecule has 0 aromatic carbocycles. The van der Waals surface area contributed by atoms with Crippen LogP contribution in [0.2, 0.25) is 0 Å². The lowest BCUT2D eigenvalue weighted by Crippen LogP contribution is -2.11. The van der Waals surface area contributed by atoms with Gasteiger partial charge in [0.2, 0.25) is 0 Å². The summed E-state index contributed by atoms with van der Waals surface area (Å²) in [7, 11) is 7.02. The van der Waals surface area contributed by atoms with E-state index in [1.807, 2.05) is 6.92 Å². The SMILES string of the molecule is CCc1ncc(OC)c(NCC(P)P)n1. The molecule has 0 aliphatic carbocycles. The highest BCUT2D eigenvalue weighted by Crippen LogP contribution is 2.21. The fourth-order valence-corrected chi connectivity index (χ4v) is 1.30. The molecule has 0 amide bonds. The summed E-state index contributed by atoms with van der Waals surface area (Å²) in [5.41, 5.74) is 0. The molecular formula is C9H17N3OP2. The van der Waals surface area contributed by atoms with E-state index in [1.165, 1.54) is 0 Å². The Bertz CT molecular complexity index is 320. The Morgan fingerprint density at radius 2 is 2.27 bits per heavy atom. The number of hydrogen-bond acceptors (Lipinski definition) is 4. The largest absolute Gasteiger partial charge is 0.491 e. The highest BCUT2D eigenvalue weighted by Gasteiger charge is 2.06. The van der Waals surface area contributed by atoms with Gasteiger partial charge in [-0.1, -0.05) is 6.92 Å². The lowest BCUT2D eigenvalue weighted by molar-refractivity contribution is 0.412. The van der Waals surface area contributed by atoms with Crippen molar-refractivity contribution in [1.82, 2.24) is 9.97 Å². The van der Waals surface area contributed by atoms with Crippen LogP contribution in [0.15, 0.2) is 6.20 Å². The Balaban J connectivity index is 2.81. The molecule has 0 radical (unpaired) electrons. The Morgan fingerprint density at radius 3 is 2.80 bits per heavy atom. The molecule has 0 aliphatic rings. The highest BCUT2D eigenvalue weighted by molar-refractivity contribution is 7.37. The van der Waals surface area contributed by atoms with Crippen LogP contribution in [-0.2, 0) is 6.42 Å². The van der Waals surface area contributed by atoms with Gasteiger partial charge < -0.3 is 10.1 Å². The van der Waals surface area contributed by atoms with E-state index in [1.54, 1.807) is 13.3 Å². The molecule has 0 spiro atoms. The second-order valence-corrected chi connectivity index (χ2v) is 5.58. The molecule has 1 N–H and O–H groups in total. The summed E-state index contributed by atoms with van der Waals surface area (Å²) < 4.78 is 5.18. The Labute approximate surface area is 95.0 Å². The summed E-state index contributed by atoms with van der Waals surface area (Å²) in [5.74, 6) is 2.27. The maximum atomic E-state index is 5.18. The van der Waals surface area contributed by atoms with Crippen molar-refractivity contribution in [3.8, 4) is 5.75 Å². The molecule has 1 aromatic heterocycles. The van der Waals surface area contributed by atoms with Crippen LogP contribution >= 0.6 is 18.5 Å². The molecule has 1 aromatic rings. The highest BCUT2D eigenvalue weighted by atomic mass is 31.1. The van der Waals surface area contributed by atoms with E-state index in [9.17, 15) is 0 Å². The van der Waals surface area contributed by atoms with Gasteiger partial charge in [0.1, 0.15) is 5.82 Å². The molecule has 15 heavy (non-hydrogen) atoms. The first-order valence-corrected chi connectivity index (χ1v) is 6.15. The Kier molecular flexibility index (Phi) is 5.21.